The summed E-state index contributed by atoms with van der Waals surface area (Å²) in [6.45, 7) is 6.21. The molecule has 0 saturated carbocycles. The first-order valence-electron chi connectivity index (χ1n) is 6.21. The highest BCUT2D eigenvalue weighted by Gasteiger charge is 2.14. The van der Waals surface area contributed by atoms with Gasteiger partial charge in [0.1, 0.15) is 0 Å². The zero-order chi connectivity index (χ0) is 13.0. The first-order chi connectivity index (χ1) is 8.01. The summed E-state index contributed by atoms with van der Waals surface area (Å²) in [4.78, 5) is 2.30. The summed E-state index contributed by atoms with van der Waals surface area (Å²) >= 11 is 3.59. The van der Waals surface area contributed by atoms with E-state index in [1.165, 1.54) is 5.69 Å². The van der Waals surface area contributed by atoms with Crippen molar-refractivity contribution in [1.29, 1.82) is 0 Å². The molecule has 0 heterocycles. The molecule has 1 aromatic rings. The molecule has 1 aromatic carbocycles. The second kappa shape index (κ2) is 6.41. The molecule has 0 radical (unpaired) electrons. The maximum absolute atomic E-state index is 9.54. The number of hydrogen-bond donors (Lipinski definition) is 1. The molecular weight excluding hydrogens is 278 g/mol. The first-order valence-corrected chi connectivity index (χ1v) is 7.00. The van der Waals surface area contributed by atoms with E-state index in [2.05, 4.69) is 47.8 Å². The standard InChI is InChI=1S/C14H22BrNO/c1-5-12(6-2)16(4)14-8-7-11(10(3)17)9-13(14)15/h7-10,12,17H,5-6H2,1-4H3. The van der Waals surface area contributed by atoms with Crippen molar-refractivity contribution in [2.45, 2.75) is 45.8 Å². The van der Waals surface area contributed by atoms with Crippen molar-refractivity contribution >= 4 is 21.6 Å². The number of halogens is 1. The lowest BCUT2D eigenvalue weighted by molar-refractivity contribution is 0.199. The molecule has 0 aliphatic rings. The minimum absolute atomic E-state index is 0.418. The third-order valence-electron chi connectivity index (χ3n) is 3.32. The van der Waals surface area contributed by atoms with Gasteiger partial charge in [-0.25, -0.2) is 0 Å². The van der Waals surface area contributed by atoms with Crippen LogP contribution in [0.3, 0.4) is 0 Å². The Kier molecular flexibility index (Phi) is 5.47. The summed E-state index contributed by atoms with van der Waals surface area (Å²) in [6, 6.07) is 6.62. The number of benzene rings is 1. The average molecular weight is 300 g/mol. The number of nitrogens with zero attached hydrogens (tertiary/aromatic N) is 1. The van der Waals surface area contributed by atoms with E-state index in [9.17, 15) is 5.11 Å². The van der Waals surface area contributed by atoms with E-state index in [1.54, 1.807) is 6.92 Å². The van der Waals surface area contributed by atoms with Crippen LogP contribution in [0.5, 0.6) is 0 Å². The predicted molar refractivity (Wildman–Crippen MR) is 77.5 cm³/mol. The molecule has 0 aliphatic heterocycles. The van der Waals surface area contributed by atoms with Gasteiger partial charge >= 0.3 is 0 Å². The number of rotatable bonds is 5. The van der Waals surface area contributed by atoms with E-state index in [4.69, 9.17) is 0 Å². The molecule has 1 unspecified atom stereocenters. The van der Waals surface area contributed by atoms with Crippen LogP contribution in [-0.2, 0) is 0 Å². The predicted octanol–water partition coefficient (Wildman–Crippen LogP) is 4.13. The van der Waals surface area contributed by atoms with E-state index in [-0.39, 0.29) is 0 Å². The lowest BCUT2D eigenvalue weighted by Gasteiger charge is -2.29. The Balaban J connectivity index is 2.99. The molecule has 1 N–H and O–H groups in total. The van der Waals surface area contributed by atoms with Crippen molar-refractivity contribution in [3.05, 3.63) is 28.2 Å². The Bertz CT molecular complexity index is 361. The second-order valence-electron chi connectivity index (χ2n) is 4.47. The Hall–Kier alpha value is -0.540. The van der Waals surface area contributed by atoms with Crippen LogP contribution in [0, 0.1) is 0 Å². The Morgan fingerprint density at radius 1 is 1.29 bits per heavy atom. The molecule has 0 fully saturated rings. The van der Waals surface area contributed by atoms with Gasteiger partial charge in [-0.15, -0.1) is 0 Å². The van der Waals surface area contributed by atoms with Crippen LogP contribution in [0.4, 0.5) is 5.69 Å². The Labute approximate surface area is 113 Å². The number of aliphatic hydroxyl groups excluding tert-OH is 1. The zero-order valence-corrected chi connectivity index (χ0v) is 12.7. The smallest absolute Gasteiger partial charge is 0.0762 e. The summed E-state index contributed by atoms with van der Waals surface area (Å²) in [6.07, 6.45) is 1.86. The van der Waals surface area contributed by atoms with Gasteiger partial charge in [0, 0.05) is 17.6 Å². The van der Waals surface area contributed by atoms with Gasteiger partial charge in [-0.1, -0.05) is 19.9 Å². The van der Waals surface area contributed by atoms with E-state index in [0.717, 1.165) is 22.9 Å². The Morgan fingerprint density at radius 3 is 2.29 bits per heavy atom. The summed E-state index contributed by atoms with van der Waals surface area (Å²) < 4.78 is 1.05. The van der Waals surface area contributed by atoms with E-state index >= 15 is 0 Å². The van der Waals surface area contributed by atoms with Gasteiger partial charge in [-0.05, 0) is 53.4 Å². The highest BCUT2D eigenvalue weighted by Crippen LogP contribution is 2.30. The van der Waals surface area contributed by atoms with Crippen LogP contribution in [0.15, 0.2) is 22.7 Å². The van der Waals surface area contributed by atoms with Crippen LogP contribution in [-0.4, -0.2) is 18.2 Å². The molecule has 0 saturated heterocycles. The molecule has 0 amide bonds. The summed E-state index contributed by atoms with van der Waals surface area (Å²) in [5, 5.41) is 9.54. The third kappa shape index (κ3) is 3.46. The topological polar surface area (TPSA) is 23.5 Å². The minimum Gasteiger partial charge on any atom is -0.389 e. The maximum Gasteiger partial charge on any atom is 0.0762 e. The molecular formula is C14H22BrNO. The largest absolute Gasteiger partial charge is 0.389 e. The second-order valence-corrected chi connectivity index (χ2v) is 5.32. The van der Waals surface area contributed by atoms with Crippen LogP contribution >= 0.6 is 15.9 Å². The maximum atomic E-state index is 9.54. The Morgan fingerprint density at radius 2 is 1.88 bits per heavy atom. The van der Waals surface area contributed by atoms with Crippen LogP contribution in [0.1, 0.15) is 45.3 Å². The fourth-order valence-corrected chi connectivity index (χ4v) is 2.78. The lowest BCUT2D eigenvalue weighted by Crippen LogP contribution is -2.30. The van der Waals surface area contributed by atoms with E-state index in [0.29, 0.717) is 6.04 Å². The van der Waals surface area contributed by atoms with Gasteiger partial charge in [0.25, 0.3) is 0 Å². The molecule has 2 nitrogen and oxygen atoms in total. The molecule has 96 valence electrons. The molecule has 3 heteroatoms. The molecule has 0 aliphatic carbocycles. The molecule has 1 rings (SSSR count). The van der Waals surface area contributed by atoms with Crippen molar-refractivity contribution in [2.24, 2.45) is 0 Å². The number of aliphatic hydroxyl groups is 1. The average Bonchev–Trinajstić information content (AvgIpc) is 2.30. The fourth-order valence-electron chi connectivity index (χ4n) is 2.10. The van der Waals surface area contributed by atoms with Crippen LogP contribution in [0.25, 0.3) is 0 Å². The van der Waals surface area contributed by atoms with E-state index < -0.39 is 6.10 Å². The first kappa shape index (κ1) is 14.5. The minimum atomic E-state index is -0.418. The van der Waals surface area contributed by atoms with Crippen LogP contribution < -0.4 is 4.90 Å². The zero-order valence-electron chi connectivity index (χ0n) is 11.1. The van der Waals surface area contributed by atoms with Gasteiger partial charge in [0.2, 0.25) is 0 Å². The molecule has 0 spiro atoms. The molecule has 0 aromatic heterocycles. The van der Waals surface area contributed by atoms with E-state index in [1.807, 2.05) is 12.1 Å². The van der Waals surface area contributed by atoms with Crippen molar-refractivity contribution < 1.29 is 5.11 Å². The number of anilines is 1. The van der Waals surface area contributed by atoms with Gasteiger partial charge in [0.15, 0.2) is 0 Å². The monoisotopic (exact) mass is 299 g/mol. The summed E-state index contributed by atoms with van der Waals surface area (Å²) in [5.41, 5.74) is 2.13. The normalized spacial score (nSPS) is 12.9. The van der Waals surface area contributed by atoms with Crippen molar-refractivity contribution in [3.63, 3.8) is 0 Å². The fraction of sp³-hybridized carbons (Fsp3) is 0.571. The van der Waals surface area contributed by atoms with Gasteiger partial charge in [-0.3, -0.25) is 0 Å². The van der Waals surface area contributed by atoms with Gasteiger partial charge in [0.05, 0.1) is 11.8 Å². The molecule has 1 atom stereocenters. The van der Waals surface area contributed by atoms with Gasteiger partial charge < -0.3 is 10.0 Å². The third-order valence-corrected chi connectivity index (χ3v) is 3.96. The highest BCUT2D eigenvalue weighted by atomic mass is 79.9. The summed E-state index contributed by atoms with van der Waals surface area (Å²) in [7, 11) is 2.12. The van der Waals surface area contributed by atoms with Crippen LogP contribution in [0.2, 0.25) is 0 Å². The van der Waals surface area contributed by atoms with Gasteiger partial charge in [-0.2, -0.15) is 0 Å². The SMILES string of the molecule is CCC(CC)N(C)c1ccc(C(C)O)cc1Br. The number of hydrogen-bond acceptors (Lipinski definition) is 2. The molecule has 0 bridgehead atoms. The highest BCUT2D eigenvalue weighted by molar-refractivity contribution is 9.10. The molecule has 17 heavy (non-hydrogen) atoms. The lowest BCUT2D eigenvalue weighted by atomic mass is 10.1. The van der Waals surface area contributed by atoms with Crippen molar-refractivity contribution in [1.82, 2.24) is 0 Å². The van der Waals surface area contributed by atoms with Crippen molar-refractivity contribution in [3.8, 4) is 0 Å². The van der Waals surface area contributed by atoms with Crippen molar-refractivity contribution in [2.75, 3.05) is 11.9 Å². The summed E-state index contributed by atoms with van der Waals surface area (Å²) in [5.74, 6) is 0. The quantitative estimate of drug-likeness (QED) is 0.884.